The van der Waals surface area contributed by atoms with Crippen molar-refractivity contribution in [3.8, 4) is 5.75 Å². The first-order valence-corrected chi connectivity index (χ1v) is 13.4. The zero-order valence-electron chi connectivity index (χ0n) is 22.3. The minimum absolute atomic E-state index is 0.0457. The number of carbonyl (C=O) groups excluding carboxylic acids is 2. The van der Waals surface area contributed by atoms with Gasteiger partial charge in [0.15, 0.2) is 0 Å². The number of benzene rings is 2. The third-order valence-electron chi connectivity index (χ3n) is 8.25. The van der Waals surface area contributed by atoms with Crippen molar-refractivity contribution in [3.63, 3.8) is 0 Å². The number of nitrogens with zero attached hydrogens (tertiary/aromatic N) is 3. The SMILES string of the molecule is COc1cc(C(=O)N2CCC(O)CC2)ccc1Nc1cc2c(cc1C)N(C)C(=O)[C@@H](C)N2C1CCCC1. The Hall–Kier alpha value is -3.26. The van der Waals surface area contributed by atoms with E-state index in [0.717, 1.165) is 41.2 Å². The van der Waals surface area contributed by atoms with Crippen LogP contribution in [0.2, 0.25) is 0 Å². The predicted octanol–water partition coefficient (Wildman–Crippen LogP) is 4.46. The molecule has 1 atom stereocenters. The Morgan fingerprint density at radius 1 is 1.03 bits per heavy atom. The normalized spacial score (nSPS) is 20.8. The largest absolute Gasteiger partial charge is 0.495 e. The van der Waals surface area contributed by atoms with Crippen LogP contribution >= 0.6 is 0 Å². The zero-order chi connectivity index (χ0) is 26.3. The third kappa shape index (κ3) is 4.75. The number of likely N-dealkylation sites (N-methyl/N-ethyl adjacent to an activating group) is 1. The number of aryl methyl sites for hydroxylation is 1. The van der Waals surface area contributed by atoms with E-state index in [1.54, 1.807) is 23.0 Å². The Bertz CT molecular complexity index is 1180. The van der Waals surface area contributed by atoms with Crippen LogP contribution in [-0.4, -0.2) is 67.3 Å². The lowest BCUT2D eigenvalue weighted by Gasteiger charge is -2.44. The summed E-state index contributed by atoms with van der Waals surface area (Å²) < 4.78 is 5.68. The average molecular weight is 507 g/mol. The topological polar surface area (TPSA) is 85.3 Å². The molecule has 1 saturated carbocycles. The van der Waals surface area contributed by atoms with Gasteiger partial charge in [0.1, 0.15) is 11.8 Å². The Labute approximate surface area is 219 Å². The van der Waals surface area contributed by atoms with E-state index < -0.39 is 0 Å². The Balaban J connectivity index is 1.44. The molecule has 1 aliphatic carbocycles. The molecule has 198 valence electrons. The van der Waals surface area contributed by atoms with Crippen LogP contribution in [0.4, 0.5) is 22.7 Å². The molecule has 2 aliphatic heterocycles. The number of fused-ring (bicyclic) bond motifs is 1. The van der Waals surface area contributed by atoms with Crippen LogP contribution in [0.3, 0.4) is 0 Å². The van der Waals surface area contributed by atoms with E-state index >= 15 is 0 Å². The summed E-state index contributed by atoms with van der Waals surface area (Å²) in [4.78, 5) is 32.0. The molecule has 3 aliphatic rings. The molecule has 1 saturated heterocycles. The lowest BCUT2D eigenvalue weighted by Crippen LogP contribution is -2.54. The second-order valence-electron chi connectivity index (χ2n) is 10.6. The summed E-state index contributed by atoms with van der Waals surface area (Å²) in [6.45, 7) is 5.16. The van der Waals surface area contributed by atoms with E-state index in [1.807, 2.05) is 33.0 Å². The van der Waals surface area contributed by atoms with Gasteiger partial charge in [-0.2, -0.15) is 0 Å². The molecule has 2 fully saturated rings. The number of nitrogens with one attached hydrogen (secondary N) is 1. The summed E-state index contributed by atoms with van der Waals surface area (Å²) >= 11 is 0. The second-order valence-corrected chi connectivity index (χ2v) is 10.6. The van der Waals surface area contributed by atoms with E-state index in [1.165, 1.54) is 12.8 Å². The summed E-state index contributed by atoms with van der Waals surface area (Å²) in [6, 6.07) is 9.90. The van der Waals surface area contributed by atoms with Crippen molar-refractivity contribution in [2.45, 2.75) is 70.6 Å². The van der Waals surface area contributed by atoms with Crippen LogP contribution in [0.25, 0.3) is 0 Å². The number of anilines is 4. The quantitative estimate of drug-likeness (QED) is 0.623. The highest BCUT2D eigenvalue weighted by Gasteiger charge is 2.38. The van der Waals surface area contributed by atoms with Gasteiger partial charge in [0.2, 0.25) is 5.91 Å². The fourth-order valence-electron chi connectivity index (χ4n) is 6.04. The van der Waals surface area contributed by atoms with Crippen LogP contribution in [0.1, 0.15) is 61.4 Å². The fraction of sp³-hybridized carbons (Fsp3) is 0.517. The van der Waals surface area contributed by atoms with Gasteiger partial charge in [0.05, 0.1) is 30.3 Å². The first-order chi connectivity index (χ1) is 17.8. The highest BCUT2D eigenvalue weighted by molar-refractivity contribution is 6.06. The molecule has 0 radical (unpaired) electrons. The second kappa shape index (κ2) is 10.2. The number of rotatable bonds is 5. The first kappa shape index (κ1) is 25.4. The van der Waals surface area contributed by atoms with Gasteiger partial charge in [0.25, 0.3) is 5.91 Å². The summed E-state index contributed by atoms with van der Waals surface area (Å²) in [6.07, 6.45) is 5.51. The number of amides is 2. The maximum atomic E-state index is 13.1. The van der Waals surface area contributed by atoms with Crippen molar-refractivity contribution in [2.24, 2.45) is 0 Å². The average Bonchev–Trinajstić information content (AvgIpc) is 3.43. The number of aliphatic hydroxyl groups is 1. The molecule has 2 aromatic rings. The summed E-state index contributed by atoms with van der Waals surface area (Å²) in [5.74, 6) is 0.675. The van der Waals surface area contributed by atoms with Crippen LogP contribution in [-0.2, 0) is 4.79 Å². The summed E-state index contributed by atoms with van der Waals surface area (Å²) in [5, 5.41) is 13.3. The zero-order valence-corrected chi connectivity index (χ0v) is 22.3. The van der Waals surface area contributed by atoms with Gasteiger partial charge in [-0.1, -0.05) is 12.8 Å². The number of piperidine rings is 1. The molecule has 2 heterocycles. The van der Waals surface area contributed by atoms with Gasteiger partial charge >= 0.3 is 0 Å². The number of aliphatic hydroxyl groups excluding tert-OH is 1. The van der Waals surface area contributed by atoms with Crippen molar-refractivity contribution in [1.29, 1.82) is 0 Å². The van der Waals surface area contributed by atoms with Crippen LogP contribution in [0, 0.1) is 6.92 Å². The molecule has 2 aromatic carbocycles. The minimum Gasteiger partial charge on any atom is -0.495 e. The molecule has 5 rings (SSSR count). The lowest BCUT2D eigenvalue weighted by atomic mass is 10.0. The number of carbonyl (C=O) groups is 2. The van der Waals surface area contributed by atoms with Gasteiger partial charge < -0.3 is 29.9 Å². The summed E-state index contributed by atoms with van der Waals surface area (Å²) in [7, 11) is 3.47. The molecule has 8 nitrogen and oxygen atoms in total. The monoisotopic (exact) mass is 506 g/mol. The molecular weight excluding hydrogens is 468 g/mol. The Morgan fingerprint density at radius 3 is 2.41 bits per heavy atom. The number of ether oxygens (including phenoxy) is 1. The molecule has 2 N–H and O–H groups in total. The van der Waals surface area contributed by atoms with E-state index in [9.17, 15) is 14.7 Å². The maximum absolute atomic E-state index is 13.1. The molecular formula is C29H38N4O4. The lowest BCUT2D eigenvalue weighted by molar-refractivity contribution is -0.119. The number of hydrogen-bond acceptors (Lipinski definition) is 6. The van der Waals surface area contributed by atoms with E-state index in [-0.39, 0.29) is 24.0 Å². The first-order valence-electron chi connectivity index (χ1n) is 13.4. The fourth-order valence-corrected chi connectivity index (χ4v) is 6.04. The standard InChI is InChI=1S/C29H38N4O4/c1-18-15-25-26(33(21-7-5-6-8-21)19(2)28(35)31(25)3)17-24(18)30-23-10-9-20(16-27(23)37-4)29(36)32-13-11-22(34)12-14-32/h9-10,15-17,19,21-22,30,34H,5-8,11-14H2,1-4H3/t19-/m1/s1. The van der Waals surface area contributed by atoms with Crippen LogP contribution in [0.5, 0.6) is 5.75 Å². The summed E-state index contributed by atoms with van der Waals surface area (Å²) in [5.41, 5.74) is 5.33. The van der Waals surface area contributed by atoms with Crippen LogP contribution in [0.15, 0.2) is 30.3 Å². The molecule has 0 aromatic heterocycles. The molecule has 0 bridgehead atoms. The minimum atomic E-state index is -0.324. The highest BCUT2D eigenvalue weighted by Crippen LogP contribution is 2.44. The van der Waals surface area contributed by atoms with Crippen molar-refractivity contribution < 1.29 is 19.4 Å². The molecule has 37 heavy (non-hydrogen) atoms. The molecule has 2 amide bonds. The number of hydrogen-bond donors (Lipinski definition) is 2. The van der Waals surface area contributed by atoms with Gasteiger partial charge in [-0.15, -0.1) is 0 Å². The number of likely N-dealkylation sites (tertiary alicyclic amines) is 1. The predicted molar refractivity (Wildman–Crippen MR) is 146 cm³/mol. The van der Waals surface area contributed by atoms with Crippen molar-refractivity contribution in [1.82, 2.24) is 4.90 Å². The highest BCUT2D eigenvalue weighted by atomic mass is 16.5. The Kier molecular flexibility index (Phi) is 7.03. The van der Waals surface area contributed by atoms with Crippen molar-refractivity contribution >= 4 is 34.6 Å². The number of methoxy groups -OCH3 is 1. The smallest absolute Gasteiger partial charge is 0.253 e. The molecule has 0 unspecified atom stereocenters. The van der Waals surface area contributed by atoms with Crippen LogP contribution < -0.4 is 19.9 Å². The molecule has 0 spiro atoms. The molecule has 8 heteroatoms. The Morgan fingerprint density at radius 2 is 1.73 bits per heavy atom. The van der Waals surface area contributed by atoms with Gasteiger partial charge in [0, 0.05) is 37.4 Å². The third-order valence-corrected chi connectivity index (χ3v) is 8.25. The van der Waals surface area contributed by atoms with E-state index in [4.69, 9.17) is 4.74 Å². The van der Waals surface area contributed by atoms with Crippen molar-refractivity contribution in [3.05, 3.63) is 41.5 Å². The van der Waals surface area contributed by atoms with Gasteiger partial charge in [-0.3, -0.25) is 9.59 Å². The maximum Gasteiger partial charge on any atom is 0.253 e. The van der Waals surface area contributed by atoms with E-state index in [2.05, 4.69) is 22.3 Å². The van der Waals surface area contributed by atoms with Crippen molar-refractivity contribution in [2.75, 3.05) is 42.4 Å². The van der Waals surface area contributed by atoms with Gasteiger partial charge in [-0.25, -0.2) is 0 Å². The van der Waals surface area contributed by atoms with E-state index in [0.29, 0.717) is 43.3 Å². The van der Waals surface area contributed by atoms with Gasteiger partial charge in [-0.05, 0) is 75.4 Å².